The third-order valence-electron chi connectivity index (χ3n) is 4.17. The summed E-state index contributed by atoms with van der Waals surface area (Å²) in [5, 5.41) is 6.93. The third kappa shape index (κ3) is 8.43. The highest BCUT2D eigenvalue weighted by Crippen LogP contribution is 2.25. The van der Waals surface area contributed by atoms with E-state index in [0.29, 0.717) is 44.3 Å². The zero-order chi connectivity index (χ0) is 23.1. The molecule has 9 heteroatoms. The minimum Gasteiger partial charge on any atom is -0.493 e. The lowest BCUT2D eigenvalue weighted by molar-refractivity contribution is -0.0292. The van der Waals surface area contributed by atoms with Gasteiger partial charge in [0.25, 0.3) is 0 Å². The summed E-state index contributed by atoms with van der Waals surface area (Å²) in [4.78, 5) is 0. The van der Waals surface area contributed by atoms with Crippen LogP contribution < -0.4 is 4.74 Å². The molecule has 0 N–H and O–H groups in total. The second-order valence-electron chi connectivity index (χ2n) is 9.08. The van der Waals surface area contributed by atoms with Crippen LogP contribution >= 0.6 is 0 Å². The summed E-state index contributed by atoms with van der Waals surface area (Å²) in [5.41, 5.74) is 0.341. The molecule has 0 amide bonds. The minimum atomic E-state index is -3.53. The number of ether oxygens (including phenoxy) is 3. The van der Waals surface area contributed by atoms with Crippen molar-refractivity contribution in [3.8, 4) is 17.2 Å². The van der Waals surface area contributed by atoms with Gasteiger partial charge in [0.05, 0.1) is 33.0 Å². The topological polar surface area (TPSA) is 101 Å². The Morgan fingerprint density at radius 1 is 0.968 bits per heavy atom. The van der Waals surface area contributed by atoms with Gasteiger partial charge in [-0.05, 0) is 24.3 Å². The average Bonchev–Trinajstić information content (AvgIpc) is 3.17. The van der Waals surface area contributed by atoms with E-state index in [1.807, 2.05) is 0 Å². The van der Waals surface area contributed by atoms with E-state index in [1.54, 1.807) is 30.3 Å². The molecule has 0 radical (unpaired) electrons. The van der Waals surface area contributed by atoms with Gasteiger partial charge in [0.2, 0.25) is 15.7 Å². The average molecular weight is 453 g/mol. The second-order valence-corrected chi connectivity index (χ2v) is 11.0. The molecule has 0 aliphatic heterocycles. The summed E-state index contributed by atoms with van der Waals surface area (Å²) in [6, 6.07) is 7.03. The van der Waals surface area contributed by atoms with Crippen molar-refractivity contribution in [2.45, 2.75) is 32.9 Å². The fraction of sp³-hybridized carbons (Fsp3) is 0.545. The molecular weight excluding hydrogens is 420 g/mol. The summed E-state index contributed by atoms with van der Waals surface area (Å²) in [5.74, 6) is 0.818. The van der Waals surface area contributed by atoms with Crippen molar-refractivity contribution in [2.24, 2.45) is 10.8 Å². The van der Waals surface area contributed by atoms with E-state index >= 15 is 0 Å². The predicted octanol–water partition coefficient (Wildman–Crippen LogP) is 3.79. The quantitative estimate of drug-likeness (QED) is 0.334. The van der Waals surface area contributed by atoms with Crippen LogP contribution in [0.3, 0.4) is 0 Å². The Labute approximate surface area is 184 Å². The molecule has 2 aromatic rings. The predicted molar refractivity (Wildman–Crippen MR) is 118 cm³/mol. The van der Waals surface area contributed by atoms with Crippen molar-refractivity contribution in [1.82, 2.24) is 10.2 Å². The zero-order valence-corrected chi connectivity index (χ0v) is 19.7. The Hall–Kier alpha value is -2.23. The molecule has 0 fully saturated rings. The standard InChI is InChI=1S/C22H32N2O6S/c1-7-12-27-13-21(2,3)14-28-15-22(4,5)16-29-18-10-8-17(9-11-18)19-23-24-20(30-19)31(6,25)26/h7-11H,1,12-16H2,2-6H3. The lowest BCUT2D eigenvalue weighted by Gasteiger charge is -2.29. The Morgan fingerprint density at radius 3 is 2.10 bits per heavy atom. The number of benzene rings is 1. The Balaban J connectivity index is 1.83. The second kappa shape index (κ2) is 10.4. The SMILES string of the molecule is C=CCOCC(C)(C)COCC(C)(C)COc1ccc(-c2nnc(S(C)(=O)=O)o2)cc1. The van der Waals surface area contributed by atoms with Crippen molar-refractivity contribution < 1.29 is 27.0 Å². The van der Waals surface area contributed by atoms with E-state index in [-0.39, 0.29) is 16.7 Å². The first kappa shape index (κ1) is 25.0. The molecule has 1 aromatic heterocycles. The summed E-state index contributed by atoms with van der Waals surface area (Å²) >= 11 is 0. The van der Waals surface area contributed by atoms with Crippen LogP contribution in [0.5, 0.6) is 5.75 Å². The van der Waals surface area contributed by atoms with Gasteiger partial charge in [-0.25, -0.2) is 8.42 Å². The normalized spacial score (nSPS) is 12.7. The van der Waals surface area contributed by atoms with Crippen molar-refractivity contribution in [3.05, 3.63) is 36.9 Å². The zero-order valence-electron chi connectivity index (χ0n) is 18.9. The molecule has 0 aliphatic rings. The fourth-order valence-corrected chi connectivity index (χ4v) is 2.97. The molecule has 0 saturated carbocycles. The van der Waals surface area contributed by atoms with E-state index in [1.165, 1.54) is 0 Å². The molecule has 2 rings (SSSR count). The fourth-order valence-electron chi connectivity index (χ4n) is 2.55. The summed E-state index contributed by atoms with van der Waals surface area (Å²) in [7, 11) is -3.53. The molecule has 1 heterocycles. The number of nitrogens with zero attached hydrogens (tertiary/aromatic N) is 2. The lowest BCUT2D eigenvalue weighted by Crippen LogP contribution is -2.31. The maximum atomic E-state index is 11.5. The summed E-state index contributed by atoms with van der Waals surface area (Å²) in [6.45, 7) is 14.7. The summed E-state index contributed by atoms with van der Waals surface area (Å²) in [6.07, 6.45) is 2.75. The van der Waals surface area contributed by atoms with Crippen LogP contribution in [0.15, 0.2) is 46.6 Å². The minimum absolute atomic E-state index is 0.0818. The number of sulfone groups is 1. The van der Waals surface area contributed by atoms with Gasteiger partial charge in [-0.1, -0.05) is 38.9 Å². The van der Waals surface area contributed by atoms with Crippen LogP contribution in [0.25, 0.3) is 11.5 Å². The molecule has 0 aliphatic carbocycles. The van der Waals surface area contributed by atoms with Crippen LogP contribution in [0.4, 0.5) is 0 Å². The molecule has 0 unspecified atom stereocenters. The maximum Gasteiger partial charge on any atom is 0.335 e. The van der Waals surface area contributed by atoms with Crippen LogP contribution in [0, 0.1) is 10.8 Å². The van der Waals surface area contributed by atoms with Gasteiger partial charge in [0.15, 0.2) is 0 Å². The van der Waals surface area contributed by atoms with Crippen molar-refractivity contribution in [2.75, 3.05) is 39.3 Å². The molecule has 1 aromatic carbocycles. The molecule has 0 atom stereocenters. The number of rotatable bonds is 13. The first-order valence-corrected chi connectivity index (χ1v) is 11.8. The van der Waals surface area contributed by atoms with E-state index < -0.39 is 15.1 Å². The van der Waals surface area contributed by atoms with E-state index in [4.69, 9.17) is 18.6 Å². The first-order chi connectivity index (χ1) is 14.4. The number of aromatic nitrogens is 2. The lowest BCUT2D eigenvalue weighted by atomic mass is 9.94. The first-order valence-electron chi connectivity index (χ1n) is 9.95. The molecule has 0 saturated heterocycles. The van der Waals surface area contributed by atoms with Crippen LogP contribution in [-0.4, -0.2) is 57.9 Å². The van der Waals surface area contributed by atoms with Crippen molar-refractivity contribution in [1.29, 1.82) is 0 Å². The van der Waals surface area contributed by atoms with E-state index in [2.05, 4.69) is 44.5 Å². The molecule has 0 bridgehead atoms. The van der Waals surface area contributed by atoms with E-state index in [9.17, 15) is 8.42 Å². The van der Waals surface area contributed by atoms with Gasteiger partial charge in [0.1, 0.15) is 5.75 Å². The molecule has 0 spiro atoms. The van der Waals surface area contributed by atoms with Gasteiger partial charge < -0.3 is 18.6 Å². The summed E-state index contributed by atoms with van der Waals surface area (Å²) < 4.78 is 45.5. The molecule has 8 nitrogen and oxygen atoms in total. The van der Waals surface area contributed by atoms with Crippen LogP contribution in [0.1, 0.15) is 27.7 Å². The van der Waals surface area contributed by atoms with E-state index in [0.717, 1.165) is 6.26 Å². The van der Waals surface area contributed by atoms with Crippen molar-refractivity contribution in [3.63, 3.8) is 0 Å². The van der Waals surface area contributed by atoms with Gasteiger partial charge in [0, 0.05) is 22.6 Å². The van der Waals surface area contributed by atoms with Crippen LogP contribution in [-0.2, 0) is 19.3 Å². The highest BCUT2D eigenvalue weighted by Gasteiger charge is 2.24. The van der Waals surface area contributed by atoms with Crippen molar-refractivity contribution >= 4 is 9.84 Å². The van der Waals surface area contributed by atoms with Gasteiger partial charge in [-0.2, -0.15) is 0 Å². The highest BCUT2D eigenvalue weighted by atomic mass is 32.2. The number of hydrogen-bond donors (Lipinski definition) is 0. The van der Waals surface area contributed by atoms with Gasteiger partial charge in [-0.15, -0.1) is 11.7 Å². The van der Waals surface area contributed by atoms with Crippen LogP contribution in [0.2, 0.25) is 0 Å². The molecule has 172 valence electrons. The Kier molecular flexibility index (Phi) is 8.39. The largest absolute Gasteiger partial charge is 0.493 e. The molecule has 31 heavy (non-hydrogen) atoms. The third-order valence-corrected chi connectivity index (χ3v) is 4.97. The monoisotopic (exact) mass is 452 g/mol. The smallest absolute Gasteiger partial charge is 0.335 e. The maximum absolute atomic E-state index is 11.5. The Morgan fingerprint density at radius 2 is 1.55 bits per heavy atom. The molecular formula is C22H32N2O6S. The van der Waals surface area contributed by atoms with Gasteiger partial charge >= 0.3 is 5.22 Å². The Bertz CT molecular complexity index is 949. The number of hydrogen-bond acceptors (Lipinski definition) is 8. The highest BCUT2D eigenvalue weighted by molar-refractivity contribution is 7.90. The van der Waals surface area contributed by atoms with Gasteiger partial charge in [-0.3, -0.25) is 0 Å².